The predicted molar refractivity (Wildman–Crippen MR) is 46.4 cm³/mol. The molecule has 1 atom stereocenters. The van der Waals surface area contributed by atoms with E-state index >= 15 is 0 Å². The van der Waals surface area contributed by atoms with E-state index in [1.807, 2.05) is 0 Å². The van der Waals surface area contributed by atoms with E-state index in [-0.39, 0.29) is 0 Å². The molecule has 0 aliphatic carbocycles. The topological polar surface area (TPSA) is 12.0 Å². The van der Waals surface area contributed by atoms with Crippen LogP contribution >= 0.6 is 22.6 Å². The summed E-state index contributed by atoms with van der Waals surface area (Å²) in [6.07, 6.45) is 2.59. The van der Waals surface area contributed by atoms with Gasteiger partial charge in [0.15, 0.2) is 0 Å². The maximum absolute atomic E-state index is 3.33. The highest BCUT2D eigenvalue weighted by molar-refractivity contribution is 14.1. The first-order valence-electron chi connectivity index (χ1n) is 3.14. The molecular formula is C6H14IN. The van der Waals surface area contributed by atoms with Crippen molar-refractivity contribution >= 4 is 22.6 Å². The van der Waals surface area contributed by atoms with Gasteiger partial charge < -0.3 is 5.32 Å². The molecule has 0 radical (unpaired) electrons. The standard InChI is InChI=1S/C6H14IN/c1-3-4-5-8-6(2)7/h6,8H,3-5H2,1-2H3. The molecule has 0 saturated carbocycles. The zero-order chi connectivity index (χ0) is 6.41. The number of nitrogens with one attached hydrogen (secondary N) is 1. The van der Waals surface area contributed by atoms with Crippen LogP contribution < -0.4 is 5.32 Å². The fraction of sp³-hybridized carbons (Fsp3) is 1.00. The van der Waals surface area contributed by atoms with Crippen LogP contribution in [0.4, 0.5) is 0 Å². The number of halogens is 1. The van der Waals surface area contributed by atoms with Crippen LogP contribution in [0.3, 0.4) is 0 Å². The first-order chi connectivity index (χ1) is 3.77. The van der Waals surface area contributed by atoms with Gasteiger partial charge in [-0.3, -0.25) is 0 Å². The molecule has 0 aliphatic heterocycles. The maximum atomic E-state index is 3.33. The van der Waals surface area contributed by atoms with Gasteiger partial charge in [-0.1, -0.05) is 35.9 Å². The van der Waals surface area contributed by atoms with Crippen LogP contribution in [-0.2, 0) is 0 Å². The summed E-state index contributed by atoms with van der Waals surface area (Å²) in [5, 5.41) is 3.33. The van der Waals surface area contributed by atoms with Crippen LogP contribution in [0.1, 0.15) is 26.7 Å². The van der Waals surface area contributed by atoms with E-state index in [9.17, 15) is 0 Å². The summed E-state index contributed by atoms with van der Waals surface area (Å²) in [6, 6.07) is 0. The molecule has 2 heteroatoms. The maximum Gasteiger partial charge on any atom is 0.0564 e. The molecule has 0 aromatic carbocycles. The van der Waals surface area contributed by atoms with Crippen molar-refractivity contribution in [1.29, 1.82) is 0 Å². The monoisotopic (exact) mass is 227 g/mol. The Bertz CT molecular complexity index is 45.8. The lowest BCUT2D eigenvalue weighted by molar-refractivity contribution is 0.650. The normalized spacial score (nSPS) is 13.9. The van der Waals surface area contributed by atoms with Gasteiger partial charge in [0.25, 0.3) is 0 Å². The van der Waals surface area contributed by atoms with Crippen molar-refractivity contribution in [2.45, 2.75) is 30.7 Å². The average molecular weight is 227 g/mol. The molecule has 50 valence electrons. The van der Waals surface area contributed by atoms with Crippen LogP contribution in [0.15, 0.2) is 0 Å². The van der Waals surface area contributed by atoms with Gasteiger partial charge in [-0.2, -0.15) is 0 Å². The van der Waals surface area contributed by atoms with E-state index in [0.717, 1.165) is 0 Å². The minimum atomic E-state index is 0.624. The summed E-state index contributed by atoms with van der Waals surface area (Å²) in [5.74, 6) is 0. The van der Waals surface area contributed by atoms with Crippen LogP contribution in [0.5, 0.6) is 0 Å². The molecule has 0 bridgehead atoms. The molecule has 0 spiro atoms. The predicted octanol–water partition coefficient (Wildman–Crippen LogP) is 2.16. The Kier molecular flexibility index (Phi) is 6.32. The zero-order valence-electron chi connectivity index (χ0n) is 5.58. The Morgan fingerprint density at radius 3 is 2.62 bits per heavy atom. The van der Waals surface area contributed by atoms with Gasteiger partial charge in [0.2, 0.25) is 0 Å². The molecular weight excluding hydrogens is 213 g/mol. The van der Waals surface area contributed by atoms with Gasteiger partial charge in [-0.05, 0) is 19.9 Å². The zero-order valence-corrected chi connectivity index (χ0v) is 7.73. The Hall–Kier alpha value is 0.690. The SMILES string of the molecule is CCCCNC(C)I. The molecule has 0 aliphatic rings. The molecule has 1 N–H and O–H groups in total. The number of hydrogen-bond donors (Lipinski definition) is 1. The Morgan fingerprint density at radius 1 is 1.62 bits per heavy atom. The van der Waals surface area contributed by atoms with E-state index in [1.165, 1.54) is 19.4 Å². The van der Waals surface area contributed by atoms with E-state index in [1.54, 1.807) is 0 Å². The van der Waals surface area contributed by atoms with Gasteiger partial charge in [-0.15, -0.1) is 0 Å². The van der Waals surface area contributed by atoms with Gasteiger partial charge in [0.05, 0.1) is 4.05 Å². The van der Waals surface area contributed by atoms with Crippen LogP contribution in [-0.4, -0.2) is 10.6 Å². The lowest BCUT2D eigenvalue weighted by Crippen LogP contribution is -2.20. The van der Waals surface area contributed by atoms with Crippen molar-refractivity contribution in [2.75, 3.05) is 6.54 Å². The van der Waals surface area contributed by atoms with Crippen molar-refractivity contribution in [3.63, 3.8) is 0 Å². The van der Waals surface area contributed by atoms with E-state index in [4.69, 9.17) is 0 Å². The molecule has 0 fully saturated rings. The summed E-state index contributed by atoms with van der Waals surface area (Å²) in [7, 11) is 0. The molecule has 0 amide bonds. The summed E-state index contributed by atoms with van der Waals surface area (Å²) in [6.45, 7) is 5.54. The minimum absolute atomic E-state index is 0.624. The second-order valence-electron chi connectivity index (χ2n) is 1.92. The summed E-state index contributed by atoms with van der Waals surface area (Å²) in [4.78, 5) is 0. The number of alkyl halides is 1. The number of hydrogen-bond acceptors (Lipinski definition) is 1. The third-order valence-electron chi connectivity index (χ3n) is 0.956. The third-order valence-corrected chi connectivity index (χ3v) is 1.40. The molecule has 1 nitrogen and oxygen atoms in total. The molecule has 0 aromatic heterocycles. The fourth-order valence-electron chi connectivity index (χ4n) is 0.478. The fourth-order valence-corrected chi connectivity index (χ4v) is 0.789. The van der Waals surface area contributed by atoms with E-state index in [2.05, 4.69) is 41.8 Å². The van der Waals surface area contributed by atoms with Gasteiger partial charge in [0.1, 0.15) is 0 Å². The second-order valence-corrected chi connectivity index (χ2v) is 3.79. The van der Waals surface area contributed by atoms with Crippen LogP contribution in [0.2, 0.25) is 0 Å². The Balaban J connectivity index is 2.72. The highest BCUT2D eigenvalue weighted by Gasteiger charge is 1.89. The largest absolute Gasteiger partial charge is 0.306 e. The first kappa shape index (κ1) is 8.69. The lowest BCUT2D eigenvalue weighted by Gasteiger charge is -2.03. The van der Waals surface area contributed by atoms with E-state index in [0.29, 0.717) is 4.05 Å². The molecule has 1 unspecified atom stereocenters. The van der Waals surface area contributed by atoms with Crippen molar-refractivity contribution in [1.82, 2.24) is 5.32 Å². The van der Waals surface area contributed by atoms with Crippen molar-refractivity contribution in [2.24, 2.45) is 0 Å². The van der Waals surface area contributed by atoms with Crippen LogP contribution in [0, 0.1) is 0 Å². The van der Waals surface area contributed by atoms with Crippen molar-refractivity contribution in [3.8, 4) is 0 Å². The molecule has 0 aromatic rings. The second kappa shape index (κ2) is 5.82. The average Bonchev–Trinajstić information content (AvgIpc) is 1.66. The van der Waals surface area contributed by atoms with Gasteiger partial charge in [-0.25, -0.2) is 0 Å². The number of unbranched alkanes of at least 4 members (excludes halogenated alkanes) is 1. The molecule has 0 rings (SSSR count). The smallest absolute Gasteiger partial charge is 0.0564 e. The molecule has 0 saturated heterocycles. The minimum Gasteiger partial charge on any atom is -0.306 e. The van der Waals surface area contributed by atoms with Gasteiger partial charge >= 0.3 is 0 Å². The first-order valence-corrected chi connectivity index (χ1v) is 4.39. The van der Waals surface area contributed by atoms with Crippen molar-refractivity contribution < 1.29 is 0 Å². The quantitative estimate of drug-likeness (QED) is 0.336. The van der Waals surface area contributed by atoms with Gasteiger partial charge in [0, 0.05) is 0 Å². The lowest BCUT2D eigenvalue weighted by atomic mass is 10.3. The Morgan fingerprint density at radius 2 is 2.25 bits per heavy atom. The van der Waals surface area contributed by atoms with E-state index < -0.39 is 0 Å². The molecule has 8 heavy (non-hydrogen) atoms. The summed E-state index contributed by atoms with van der Waals surface area (Å²) in [5.41, 5.74) is 0. The summed E-state index contributed by atoms with van der Waals surface area (Å²) < 4.78 is 0.624. The summed E-state index contributed by atoms with van der Waals surface area (Å²) >= 11 is 2.37. The third kappa shape index (κ3) is 6.69. The molecule has 0 heterocycles. The highest BCUT2D eigenvalue weighted by atomic mass is 127. The van der Waals surface area contributed by atoms with Crippen molar-refractivity contribution in [3.05, 3.63) is 0 Å². The highest BCUT2D eigenvalue weighted by Crippen LogP contribution is 1.92. The Labute approximate surface area is 65.4 Å². The van der Waals surface area contributed by atoms with Crippen LogP contribution in [0.25, 0.3) is 0 Å². The number of rotatable bonds is 4.